The van der Waals surface area contributed by atoms with Crippen molar-refractivity contribution in [1.29, 1.82) is 0 Å². The summed E-state index contributed by atoms with van der Waals surface area (Å²) in [6.45, 7) is 3.75. The average molecular weight is 216 g/mol. The Balaban J connectivity index is 4.16. The Kier molecular flexibility index (Phi) is 6.70. The minimum Gasteiger partial charge on any atom is -0.480 e. The van der Waals surface area contributed by atoms with Crippen LogP contribution in [0.4, 0.5) is 0 Å². The molecule has 0 heterocycles. The lowest BCUT2D eigenvalue weighted by Gasteiger charge is -2.16. The van der Waals surface area contributed by atoms with Crippen LogP contribution in [0.15, 0.2) is 0 Å². The van der Waals surface area contributed by atoms with Crippen LogP contribution in [0.3, 0.4) is 0 Å². The molecule has 5 nitrogen and oxygen atoms in total. The van der Waals surface area contributed by atoms with Crippen molar-refractivity contribution in [3.05, 3.63) is 0 Å². The molecule has 1 unspecified atom stereocenters. The minimum absolute atomic E-state index is 0.388. The summed E-state index contributed by atoms with van der Waals surface area (Å²) >= 11 is 0. The first-order chi connectivity index (χ1) is 7.02. The quantitative estimate of drug-likeness (QED) is 0.577. The molecule has 0 aliphatic carbocycles. The number of rotatable bonds is 7. The number of carbonyl (C=O) groups is 2. The zero-order valence-corrected chi connectivity index (χ0v) is 9.32. The maximum absolute atomic E-state index is 11.4. The second-order valence-corrected chi connectivity index (χ2v) is 3.56. The molecule has 2 atom stereocenters. The van der Waals surface area contributed by atoms with E-state index < -0.39 is 18.1 Å². The van der Waals surface area contributed by atoms with E-state index in [9.17, 15) is 9.59 Å². The number of nitrogens with two attached hydrogens (primary N) is 1. The summed E-state index contributed by atoms with van der Waals surface area (Å²) in [7, 11) is 0. The van der Waals surface area contributed by atoms with E-state index in [0.29, 0.717) is 12.8 Å². The van der Waals surface area contributed by atoms with E-state index >= 15 is 0 Å². The van der Waals surface area contributed by atoms with Crippen molar-refractivity contribution in [3.63, 3.8) is 0 Å². The molecule has 0 radical (unpaired) electrons. The van der Waals surface area contributed by atoms with Crippen LogP contribution >= 0.6 is 0 Å². The van der Waals surface area contributed by atoms with E-state index in [4.69, 9.17) is 10.8 Å². The molecule has 1 amide bonds. The van der Waals surface area contributed by atoms with Crippen molar-refractivity contribution >= 4 is 11.9 Å². The molecule has 4 N–H and O–H groups in total. The Morgan fingerprint density at radius 2 is 2.00 bits per heavy atom. The van der Waals surface area contributed by atoms with Crippen molar-refractivity contribution in [2.24, 2.45) is 5.73 Å². The van der Waals surface area contributed by atoms with Gasteiger partial charge in [0, 0.05) is 0 Å². The van der Waals surface area contributed by atoms with Gasteiger partial charge in [0.2, 0.25) is 5.91 Å². The lowest BCUT2D eigenvalue weighted by atomic mass is 10.1. The van der Waals surface area contributed by atoms with Gasteiger partial charge in [-0.1, -0.05) is 26.7 Å². The van der Waals surface area contributed by atoms with E-state index in [1.54, 1.807) is 6.92 Å². The van der Waals surface area contributed by atoms with Gasteiger partial charge in [-0.2, -0.15) is 0 Å². The standard InChI is InChI=1S/C10H20N2O3/c1-3-5-6-8(10(14)15)12-9(13)7(11)4-2/h7-8H,3-6,11H2,1-2H3,(H,12,13)(H,14,15)/t7?,8-/m0/s1. The molecule has 0 aromatic rings. The number of unbranched alkanes of at least 4 members (excludes halogenated alkanes) is 1. The largest absolute Gasteiger partial charge is 0.480 e. The van der Waals surface area contributed by atoms with Crippen molar-refractivity contribution in [1.82, 2.24) is 5.32 Å². The third kappa shape index (κ3) is 5.37. The highest BCUT2D eigenvalue weighted by Gasteiger charge is 2.21. The Hall–Kier alpha value is -1.10. The molecule has 0 saturated carbocycles. The van der Waals surface area contributed by atoms with Gasteiger partial charge in [0.1, 0.15) is 6.04 Å². The first-order valence-corrected chi connectivity index (χ1v) is 5.31. The van der Waals surface area contributed by atoms with Gasteiger partial charge in [0.05, 0.1) is 6.04 Å². The van der Waals surface area contributed by atoms with Crippen LogP contribution in [-0.2, 0) is 9.59 Å². The van der Waals surface area contributed by atoms with Crippen molar-refractivity contribution in [2.45, 2.75) is 51.6 Å². The molecule has 5 heteroatoms. The van der Waals surface area contributed by atoms with Gasteiger partial charge in [-0.25, -0.2) is 4.79 Å². The van der Waals surface area contributed by atoms with Crippen LogP contribution in [0.1, 0.15) is 39.5 Å². The van der Waals surface area contributed by atoms with Gasteiger partial charge < -0.3 is 16.2 Å². The third-order valence-electron chi connectivity index (χ3n) is 2.24. The van der Waals surface area contributed by atoms with Gasteiger partial charge in [-0.05, 0) is 12.8 Å². The number of carboxylic acids is 1. The topological polar surface area (TPSA) is 92.4 Å². The first-order valence-electron chi connectivity index (χ1n) is 5.31. The molecule has 0 aromatic heterocycles. The smallest absolute Gasteiger partial charge is 0.326 e. The monoisotopic (exact) mass is 216 g/mol. The molecule has 0 rings (SSSR count). The lowest BCUT2D eigenvalue weighted by molar-refractivity contribution is -0.142. The Morgan fingerprint density at radius 1 is 1.40 bits per heavy atom. The number of nitrogens with one attached hydrogen (secondary N) is 1. The summed E-state index contributed by atoms with van der Waals surface area (Å²) in [6.07, 6.45) is 2.64. The summed E-state index contributed by atoms with van der Waals surface area (Å²) in [5.41, 5.74) is 5.49. The maximum atomic E-state index is 11.4. The summed E-state index contributed by atoms with van der Waals surface area (Å²) in [5.74, 6) is -1.39. The van der Waals surface area contributed by atoms with Crippen molar-refractivity contribution in [3.8, 4) is 0 Å². The van der Waals surface area contributed by atoms with Gasteiger partial charge >= 0.3 is 5.97 Å². The molecular formula is C10H20N2O3. The second kappa shape index (κ2) is 7.23. The predicted octanol–water partition coefficient (Wildman–Crippen LogP) is 0.483. The molecule has 88 valence electrons. The highest BCUT2D eigenvalue weighted by Crippen LogP contribution is 2.01. The van der Waals surface area contributed by atoms with Crippen LogP contribution in [-0.4, -0.2) is 29.1 Å². The zero-order chi connectivity index (χ0) is 11.8. The minimum atomic E-state index is -1.000. The van der Waals surface area contributed by atoms with E-state index in [1.807, 2.05) is 6.92 Å². The van der Waals surface area contributed by atoms with Gasteiger partial charge in [0.25, 0.3) is 0 Å². The molecule has 0 aliphatic rings. The Labute approximate surface area is 90.0 Å². The highest BCUT2D eigenvalue weighted by atomic mass is 16.4. The fourth-order valence-electron chi connectivity index (χ4n) is 1.13. The lowest BCUT2D eigenvalue weighted by Crippen LogP contribution is -2.48. The van der Waals surface area contributed by atoms with E-state index in [1.165, 1.54) is 0 Å². The SMILES string of the molecule is CCCC[C@H](NC(=O)C(N)CC)C(=O)O. The van der Waals surface area contributed by atoms with E-state index in [0.717, 1.165) is 12.8 Å². The summed E-state index contributed by atoms with van der Waals surface area (Å²) in [6, 6.07) is -1.43. The number of hydrogen-bond acceptors (Lipinski definition) is 3. The number of aliphatic carboxylic acids is 1. The maximum Gasteiger partial charge on any atom is 0.326 e. The number of carboxylic acid groups (broad SMARTS) is 1. The molecule has 0 bridgehead atoms. The molecule has 15 heavy (non-hydrogen) atoms. The third-order valence-corrected chi connectivity index (χ3v) is 2.24. The molecule has 0 saturated heterocycles. The summed E-state index contributed by atoms with van der Waals surface area (Å²) in [5, 5.41) is 11.3. The number of hydrogen-bond donors (Lipinski definition) is 3. The second-order valence-electron chi connectivity index (χ2n) is 3.56. The van der Waals surface area contributed by atoms with Crippen LogP contribution in [0, 0.1) is 0 Å². The highest BCUT2D eigenvalue weighted by molar-refractivity contribution is 5.86. The number of amides is 1. The van der Waals surface area contributed by atoms with Crippen LogP contribution in [0.25, 0.3) is 0 Å². The van der Waals surface area contributed by atoms with Gasteiger partial charge in [-0.3, -0.25) is 4.79 Å². The average Bonchev–Trinajstić information content (AvgIpc) is 2.22. The van der Waals surface area contributed by atoms with Gasteiger partial charge in [-0.15, -0.1) is 0 Å². The molecule has 0 aromatic carbocycles. The van der Waals surface area contributed by atoms with E-state index in [2.05, 4.69) is 5.32 Å². The molecule has 0 fully saturated rings. The Bertz CT molecular complexity index is 219. The van der Waals surface area contributed by atoms with Crippen molar-refractivity contribution in [2.75, 3.05) is 0 Å². The number of carbonyl (C=O) groups excluding carboxylic acids is 1. The van der Waals surface area contributed by atoms with Gasteiger partial charge in [0.15, 0.2) is 0 Å². The van der Waals surface area contributed by atoms with E-state index in [-0.39, 0.29) is 5.91 Å². The van der Waals surface area contributed by atoms with Crippen LogP contribution in [0.2, 0.25) is 0 Å². The normalized spacial score (nSPS) is 14.3. The molecular weight excluding hydrogens is 196 g/mol. The zero-order valence-electron chi connectivity index (χ0n) is 9.32. The summed E-state index contributed by atoms with van der Waals surface area (Å²) < 4.78 is 0. The Morgan fingerprint density at radius 3 is 2.40 bits per heavy atom. The van der Waals surface area contributed by atoms with Crippen molar-refractivity contribution < 1.29 is 14.7 Å². The van der Waals surface area contributed by atoms with Crippen LogP contribution < -0.4 is 11.1 Å². The first kappa shape index (κ1) is 13.9. The fraction of sp³-hybridized carbons (Fsp3) is 0.800. The molecule has 0 spiro atoms. The van der Waals surface area contributed by atoms with Crippen LogP contribution in [0.5, 0.6) is 0 Å². The fourth-order valence-corrected chi connectivity index (χ4v) is 1.13. The molecule has 0 aliphatic heterocycles. The predicted molar refractivity (Wildman–Crippen MR) is 57.4 cm³/mol. The summed E-state index contributed by atoms with van der Waals surface area (Å²) in [4.78, 5) is 22.1.